The second-order valence-electron chi connectivity index (χ2n) is 24.6. The van der Waals surface area contributed by atoms with E-state index < -0.39 is 0 Å². The quantitative estimate of drug-likeness (QED) is 0.154. The van der Waals surface area contributed by atoms with E-state index in [0.717, 1.165) is 0 Å². The summed E-state index contributed by atoms with van der Waals surface area (Å²) in [7, 11) is 0. The summed E-state index contributed by atoms with van der Waals surface area (Å²) in [6.07, 6.45) is 0. The summed E-state index contributed by atoms with van der Waals surface area (Å²) < 4.78 is 0. The molecule has 10 aromatic rings. The van der Waals surface area contributed by atoms with Gasteiger partial charge >= 0.3 is 0 Å². The molecule has 0 saturated carbocycles. The van der Waals surface area contributed by atoms with Gasteiger partial charge in [-0.25, -0.2) is 0 Å². The number of hydrogen-bond acceptors (Lipinski definition) is 0. The van der Waals surface area contributed by atoms with E-state index in [0.29, 0.717) is 0 Å². The van der Waals surface area contributed by atoms with E-state index in [4.69, 9.17) is 0 Å². The van der Waals surface area contributed by atoms with Crippen LogP contribution in [0.15, 0.2) is 170 Å². The van der Waals surface area contributed by atoms with Gasteiger partial charge in [-0.3, -0.25) is 0 Å². The van der Waals surface area contributed by atoms with Gasteiger partial charge in [0.25, 0.3) is 0 Å². The first-order chi connectivity index (χ1) is 33.2. The Balaban J connectivity index is 1.26. The molecule has 0 heteroatoms. The highest BCUT2D eigenvalue weighted by Gasteiger charge is 2.36. The molecular formula is C70H64. The minimum Gasteiger partial charge on any atom is -0.0622 e. The van der Waals surface area contributed by atoms with Crippen molar-refractivity contribution in [1.29, 1.82) is 0 Å². The van der Waals surface area contributed by atoms with Crippen LogP contribution in [0.25, 0.3) is 121 Å². The molecule has 0 N–H and O–H groups in total. The lowest BCUT2D eigenvalue weighted by Gasteiger charge is -2.29. The fourth-order valence-corrected chi connectivity index (χ4v) is 11.7. The summed E-state index contributed by atoms with van der Waals surface area (Å²) in [5.74, 6) is 0. The largest absolute Gasteiger partial charge is 0.0622 e. The van der Waals surface area contributed by atoms with Crippen molar-refractivity contribution in [2.45, 2.75) is 105 Å². The van der Waals surface area contributed by atoms with E-state index in [9.17, 15) is 0 Å². The summed E-state index contributed by atoms with van der Waals surface area (Å²) in [6, 6.07) is 65.9. The van der Waals surface area contributed by atoms with Crippen molar-refractivity contribution in [3.8, 4) is 89.0 Å². The zero-order valence-electron chi connectivity index (χ0n) is 43.2. The highest BCUT2D eigenvalue weighted by molar-refractivity contribution is 6.33. The van der Waals surface area contributed by atoms with Crippen molar-refractivity contribution in [3.63, 3.8) is 0 Å². The maximum Gasteiger partial charge on any atom is -0.000740 e. The highest BCUT2D eigenvalue weighted by Crippen LogP contribution is 2.63. The lowest BCUT2D eigenvalue weighted by Crippen LogP contribution is -2.17. The molecule has 0 aromatic heterocycles. The van der Waals surface area contributed by atoms with Crippen LogP contribution in [0.3, 0.4) is 0 Å². The Kier molecular flexibility index (Phi) is 9.62. The minimum absolute atomic E-state index is 0.0487. The van der Waals surface area contributed by atoms with Gasteiger partial charge in [0.2, 0.25) is 0 Å². The SMILES string of the molecule is CC(C)(C)c1cc(-c2c3c(c(-c4cc(C(C)(C)C)cc(C(C)(C)C)c4)c4cc5ccccc5cc24)-c2ccc4c5c(ccc-3c25)-c2cc(-c3ccccc3)c(-c3ccccc3)cc2-4)cc(C(C)(C)C)c1. The minimum atomic E-state index is -0.0487. The lowest BCUT2D eigenvalue weighted by molar-refractivity contribution is 0.568. The summed E-state index contributed by atoms with van der Waals surface area (Å²) >= 11 is 0. The van der Waals surface area contributed by atoms with Crippen LogP contribution in [0.2, 0.25) is 0 Å². The molecule has 0 heterocycles. The van der Waals surface area contributed by atoms with Crippen molar-refractivity contribution >= 4 is 32.3 Å². The Labute approximate surface area is 416 Å². The van der Waals surface area contributed by atoms with Crippen LogP contribution in [0.4, 0.5) is 0 Å². The van der Waals surface area contributed by atoms with Gasteiger partial charge in [-0.1, -0.05) is 229 Å². The smallest absolute Gasteiger partial charge is 0.000740 e. The average molecular weight is 905 g/mol. The van der Waals surface area contributed by atoms with E-state index in [2.05, 4.69) is 253 Å². The molecule has 70 heavy (non-hydrogen) atoms. The van der Waals surface area contributed by atoms with Crippen molar-refractivity contribution in [3.05, 3.63) is 192 Å². The Morgan fingerprint density at radius 3 is 0.886 bits per heavy atom. The summed E-state index contributed by atoms with van der Waals surface area (Å²) in [5.41, 5.74) is 26.2. The molecule has 0 fully saturated rings. The molecule has 344 valence electrons. The van der Waals surface area contributed by atoms with Gasteiger partial charge < -0.3 is 0 Å². The molecule has 0 aliphatic heterocycles. The number of hydrogen-bond donors (Lipinski definition) is 0. The Morgan fingerprint density at radius 2 is 0.543 bits per heavy atom. The Hall–Kier alpha value is -7.02. The molecular weight excluding hydrogens is 841 g/mol. The van der Waals surface area contributed by atoms with E-state index in [1.54, 1.807) is 0 Å². The van der Waals surface area contributed by atoms with Crippen molar-refractivity contribution in [1.82, 2.24) is 0 Å². The third kappa shape index (κ3) is 6.93. The predicted octanol–water partition coefficient (Wildman–Crippen LogP) is 20.3. The molecule has 2 aliphatic carbocycles. The summed E-state index contributed by atoms with van der Waals surface area (Å²) in [4.78, 5) is 0. The van der Waals surface area contributed by atoms with Gasteiger partial charge in [-0.2, -0.15) is 0 Å². The van der Waals surface area contributed by atoms with Crippen LogP contribution in [-0.2, 0) is 21.7 Å². The van der Waals surface area contributed by atoms with Gasteiger partial charge in [0.15, 0.2) is 0 Å². The maximum atomic E-state index is 2.53. The third-order valence-corrected chi connectivity index (χ3v) is 15.7. The third-order valence-electron chi connectivity index (χ3n) is 15.7. The van der Waals surface area contributed by atoms with Crippen LogP contribution in [0.1, 0.15) is 105 Å². The van der Waals surface area contributed by atoms with Crippen LogP contribution in [0.5, 0.6) is 0 Å². The fourth-order valence-electron chi connectivity index (χ4n) is 11.7. The molecule has 0 radical (unpaired) electrons. The highest BCUT2D eigenvalue weighted by atomic mass is 14.4. The van der Waals surface area contributed by atoms with E-state index >= 15 is 0 Å². The van der Waals surface area contributed by atoms with Gasteiger partial charge in [-0.15, -0.1) is 0 Å². The van der Waals surface area contributed by atoms with Crippen molar-refractivity contribution in [2.24, 2.45) is 0 Å². The summed E-state index contributed by atoms with van der Waals surface area (Å²) in [6.45, 7) is 28.4. The van der Waals surface area contributed by atoms with E-state index in [1.807, 2.05) is 0 Å². The van der Waals surface area contributed by atoms with Gasteiger partial charge in [0, 0.05) is 0 Å². The fraction of sp³-hybridized carbons (Fsp3) is 0.229. The summed E-state index contributed by atoms with van der Waals surface area (Å²) in [5, 5.41) is 7.88. The van der Waals surface area contributed by atoms with Gasteiger partial charge in [0.05, 0.1) is 0 Å². The Morgan fingerprint density at radius 1 is 0.229 bits per heavy atom. The standard InChI is InChI=1S/C70H64/c1-67(2,3)47-31-45(32-48(37-47)68(4,5)6)61-59-35-43-25-19-20-26-44(43)36-60(59)62(46-33-49(69(7,8)9)38-50(34-46)70(10,11)12)66-54-30-28-52-58-40-56(42-23-17-14-18-24-42)55(41-21-15-13-16-22-41)39-57(58)51-27-29-53(65(61)66)64(54)63(51)52/h13-40H,1-12H3. The molecule has 0 bridgehead atoms. The second kappa shape index (κ2) is 15.2. The monoisotopic (exact) mass is 905 g/mol. The van der Waals surface area contributed by atoms with E-state index in [-0.39, 0.29) is 21.7 Å². The normalized spacial score (nSPS) is 13.1. The molecule has 0 atom stereocenters. The van der Waals surface area contributed by atoms with Crippen LogP contribution in [0, 0.1) is 0 Å². The first-order valence-electron chi connectivity index (χ1n) is 25.5. The second-order valence-corrected chi connectivity index (χ2v) is 24.6. The molecule has 2 aliphatic rings. The maximum absolute atomic E-state index is 2.53. The molecule has 0 saturated heterocycles. The zero-order chi connectivity index (χ0) is 48.8. The molecule has 0 unspecified atom stereocenters. The van der Waals surface area contributed by atoms with Crippen LogP contribution < -0.4 is 0 Å². The first-order valence-corrected chi connectivity index (χ1v) is 25.5. The van der Waals surface area contributed by atoms with Gasteiger partial charge in [-0.05, 0) is 190 Å². The topological polar surface area (TPSA) is 0 Å². The molecule has 12 rings (SSSR count). The lowest BCUT2D eigenvalue weighted by atomic mass is 9.75. The molecule has 0 nitrogen and oxygen atoms in total. The van der Waals surface area contributed by atoms with Crippen LogP contribution in [-0.4, -0.2) is 0 Å². The first kappa shape index (κ1) is 44.2. The number of benzene rings is 10. The number of rotatable bonds is 4. The predicted molar refractivity (Wildman–Crippen MR) is 304 cm³/mol. The molecule has 10 aromatic carbocycles. The van der Waals surface area contributed by atoms with Gasteiger partial charge in [0.1, 0.15) is 0 Å². The molecule has 0 spiro atoms. The average Bonchev–Trinajstić information content (AvgIpc) is 3.82. The van der Waals surface area contributed by atoms with E-state index in [1.165, 1.54) is 144 Å². The Bertz CT molecular complexity index is 3500. The zero-order valence-corrected chi connectivity index (χ0v) is 43.2. The van der Waals surface area contributed by atoms with Crippen molar-refractivity contribution < 1.29 is 0 Å². The number of fused-ring (bicyclic) bond motifs is 8. The van der Waals surface area contributed by atoms with Crippen LogP contribution >= 0.6 is 0 Å². The molecule has 0 amide bonds. The van der Waals surface area contributed by atoms with Crippen molar-refractivity contribution in [2.75, 3.05) is 0 Å².